The predicted molar refractivity (Wildman–Crippen MR) is 78.6 cm³/mol. The van der Waals surface area contributed by atoms with Crippen LogP contribution in [0.2, 0.25) is 5.02 Å². The molecule has 0 aliphatic carbocycles. The minimum absolute atomic E-state index is 0.345. The molecule has 0 saturated carbocycles. The van der Waals surface area contributed by atoms with Crippen molar-refractivity contribution >= 4 is 45.0 Å². The van der Waals surface area contributed by atoms with Gasteiger partial charge in [0, 0.05) is 11.0 Å². The first-order chi connectivity index (χ1) is 9.10. The van der Waals surface area contributed by atoms with Crippen molar-refractivity contribution in [3.8, 4) is 0 Å². The molecule has 100 valence electrons. The molecule has 7 heteroatoms. The van der Waals surface area contributed by atoms with Gasteiger partial charge in [-0.05, 0) is 41.1 Å². The van der Waals surface area contributed by atoms with Crippen LogP contribution < -0.4 is 10.6 Å². The molecular formula is C12H11BrClFN4. The third-order valence-corrected chi connectivity index (χ3v) is 3.23. The first-order valence-electron chi connectivity index (χ1n) is 5.58. The van der Waals surface area contributed by atoms with Crippen LogP contribution in [0.4, 0.5) is 21.8 Å². The zero-order chi connectivity index (χ0) is 13.8. The molecule has 0 aliphatic rings. The summed E-state index contributed by atoms with van der Waals surface area (Å²) < 4.78 is 13.9. The molecule has 4 nitrogen and oxygen atoms in total. The van der Waals surface area contributed by atoms with Gasteiger partial charge in [-0.15, -0.1) is 0 Å². The van der Waals surface area contributed by atoms with Crippen LogP contribution >= 0.6 is 27.5 Å². The predicted octanol–water partition coefficient (Wildman–Crippen LogP) is 4.21. The Morgan fingerprint density at radius 2 is 2.21 bits per heavy atom. The van der Waals surface area contributed by atoms with Gasteiger partial charge in [0.25, 0.3) is 0 Å². The highest BCUT2D eigenvalue weighted by Gasteiger charge is 2.08. The Hall–Kier alpha value is -1.40. The maximum Gasteiger partial charge on any atom is 0.224 e. The zero-order valence-corrected chi connectivity index (χ0v) is 12.4. The summed E-state index contributed by atoms with van der Waals surface area (Å²) in [6.45, 7) is 2.64. The summed E-state index contributed by atoms with van der Waals surface area (Å²) in [6.07, 6.45) is 1.49. The molecule has 0 bridgehead atoms. The third-order valence-electron chi connectivity index (χ3n) is 2.26. The van der Waals surface area contributed by atoms with Gasteiger partial charge >= 0.3 is 0 Å². The smallest absolute Gasteiger partial charge is 0.224 e. The van der Waals surface area contributed by atoms with E-state index in [4.69, 9.17) is 11.6 Å². The molecule has 0 unspecified atom stereocenters. The van der Waals surface area contributed by atoms with Crippen molar-refractivity contribution in [1.82, 2.24) is 9.97 Å². The second-order valence-electron chi connectivity index (χ2n) is 3.67. The normalized spacial score (nSPS) is 10.3. The van der Waals surface area contributed by atoms with Crippen molar-refractivity contribution in [1.29, 1.82) is 0 Å². The fourth-order valence-electron chi connectivity index (χ4n) is 1.42. The SMILES string of the molecule is CCNc1ncc(Cl)c(Nc2cc(F)ccc2Br)n1. The molecule has 0 radical (unpaired) electrons. The lowest BCUT2D eigenvalue weighted by Gasteiger charge is -2.10. The Balaban J connectivity index is 2.31. The van der Waals surface area contributed by atoms with E-state index < -0.39 is 0 Å². The summed E-state index contributed by atoms with van der Waals surface area (Å²) >= 11 is 9.34. The summed E-state index contributed by atoms with van der Waals surface area (Å²) in [5.74, 6) is 0.531. The second-order valence-corrected chi connectivity index (χ2v) is 4.93. The number of anilines is 3. The van der Waals surface area contributed by atoms with Gasteiger partial charge in [-0.1, -0.05) is 11.6 Å². The average molecular weight is 346 g/mol. The number of nitrogens with zero attached hydrogens (tertiary/aromatic N) is 2. The summed E-state index contributed by atoms with van der Waals surface area (Å²) in [5.41, 5.74) is 0.544. The summed E-state index contributed by atoms with van der Waals surface area (Å²) in [5, 5.41) is 6.31. The van der Waals surface area contributed by atoms with E-state index in [9.17, 15) is 4.39 Å². The van der Waals surface area contributed by atoms with Gasteiger partial charge in [0.15, 0.2) is 5.82 Å². The lowest BCUT2D eigenvalue weighted by molar-refractivity contribution is 0.628. The lowest BCUT2D eigenvalue weighted by atomic mass is 10.3. The Morgan fingerprint density at radius 1 is 1.42 bits per heavy atom. The summed E-state index contributed by atoms with van der Waals surface area (Å²) in [7, 11) is 0. The molecule has 2 N–H and O–H groups in total. The van der Waals surface area contributed by atoms with Crippen molar-refractivity contribution < 1.29 is 4.39 Å². The molecule has 2 aromatic rings. The number of hydrogen-bond donors (Lipinski definition) is 2. The maximum absolute atomic E-state index is 13.2. The van der Waals surface area contributed by atoms with Gasteiger partial charge in [-0.25, -0.2) is 9.37 Å². The van der Waals surface area contributed by atoms with Gasteiger partial charge in [0.05, 0.1) is 11.9 Å². The van der Waals surface area contributed by atoms with Crippen molar-refractivity contribution in [2.24, 2.45) is 0 Å². The van der Waals surface area contributed by atoms with Crippen LogP contribution in [0.25, 0.3) is 0 Å². The number of rotatable bonds is 4. The number of nitrogens with one attached hydrogen (secondary N) is 2. The minimum atomic E-state index is -0.345. The van der Waals surface area contributed by atoms with Gasteiger partial charge < -0.3 is 10.6 Å². The molecule has 1 aromatic heterocycles. The van der Waals surface area contributed by atoms with E-state index in [1.165, 1.54) is 18.3 Å². The largest absolute Gasteiger partial charge is 0.354 e. The van der Waals surface area contributed by atoms with Gasteiger partial charge in [0.1, 0.15) is 10.8 Å². The fourth-order valence-corrected chi connectivity index (χ4v) is 1.90. The van der Waals surface area contributed by atoms with E-state index in [-0.39, 0.29) is 5.82 Å². The topological polar surface area (TPSA) is 49.8 Å². The molecule has 1 aromatic carbocycles. The zero-order valence-electron chi connectivity index (χ0n) is 10.0. The number of aromatic nitrogens is 2. The Labute approximate surface area is 123 Å². The molecule has 0 saturated heterocycles. The van der Waals surface area contributed by atoms with Crippen LogP contribution in [0.5, 0.6) is 0 Å². The molecule has 0 spiro atoms. The average Bonchev–Trinajstić information content (AvgIpc) is 2.38. The van der Waals surface area contributed by atoms with Crippen LogP contribution in [-0.4, -0.2) is 16.5 Å². The van der Waals surface area contributed by atoms with Crippen molar-refractivity contribution in [2.75, 3.05) is 17.2 Å². The highest BCUT2D eigenvalue weighted by molar-refractivity contribution is 9.10. The highest BCUT2D eigenvalue weighted by atomic mass is 79.9. The summed E-state index contributed by atoms with van der Waals surface area (Å²) in [4.78, 5) is 8.25. The Morgan fingerprint density at radius 3 is 2.95 bits per heavy atom. The molecule has 1 heterocycles. The highest BCUT2D eigenvalue weighted by Crippen LogP contribution is 2.29. The van der Waals surface area contributed by atoms with Crippen LogP contribution in [-0.2, 0) is 0 Å². The van der Waals surface area contributed by atoms with E-state index in [0.717, 1.165) is 0 Å². The molecule has 0 fully saturated rings. The monoisotopic (exact) mass is 344 g/mol. The Kier molecular flexibility index (Phi) is 4.55. The van der Waals surface area contributed by atoms with E-state index in [1.54, 1.807) is 6.07 Å². The number of halogens is 3. The molecular weight excluding hydrogens is 335 g/mol. The van der Waals surface area contributed by atoms with E-state index in [1.807, 2.05) is 6.92 Å². The van der Waals surface area contributed by atoms with E-state index in [2.05, 4.69) is 36.5 Å². The van der Waals surface area contributed by atoms with Crippen LogP contribution in [0.1, 0.15) is 6.92 Å². The van der Waals surface area contributed by atoms with Gasteiger partial charge in [0.2, 0.25) is 5.95 Å². The maximum atomic E-state index is 13.2. The first-order valence-corrected chi connectivity index (χ1v) is 6.75. The number of hydrogen-bond acceptors (Lipinski definition) is 4. The molecule has 0 atom stereocenters. The molecule has 19 heavy (non-hydrogen) atoms. The van der Waals surface area contributed by atoms with Crippen LogP contribution in [0, 0.1) is 5.82 Å². The quantitative estimate of drug-likeness (QED) is 0.871. The number of benzene rings is 1. The van der Waals surface area contributed by atoms with Crippen LogP contribution in [0.15, 0.2) is 28.9 Å². The fraction of sp³-hybridized carbons (Fsp3) is 0.167. The Bertz CT molecular complexity index is 594. The summed E-state index contributed by atoms with van der Waals surface area (Å²) in [6, 6.07) is 4.33. The first kappa shape index (κ1) is 14.0. The second kappa shape index (κ2) is 6.16. The van der Waals surface area contributed by atoms with Gasteiger partial charge in [-0.3, -0.25) is 0 Å². The molecule has 0 amide bonds. The molecule has 0 aliphatic heterocycles. The third kappa shape index (κ3) is 3.54. The van der Waals surface area contributed by atoms with Crippen LogP contribution in [0.3, 0.4) is 0 Å². The van der Waals surface area contributed by atoms with Crippen molar-refractivity contribution in [3.05, 3.63) is 39.7 Å². The van der Waals surface area contributed by atoms with E-state index in [0.29, 0.717) is 33.5 Å². The van der Waals surface area contributed by atoms with E-state index >= 15 is 0 Å². The van der Waals surface area contributed by atoms with Crippen molar-refractivity contribution in [2.45, 2.75) is 6.92 Å². The standard InChI is InChI=1S/C12H11BrClFN4/c1-2-16-12-17-6-9(14)11(19-12)18-10-5-7(15)3-4-8(10)13/h3-6H,2H2,1H3,(H2,16,17,18,19). The van der Waals surface area contributed by atoms with Crippen molar-refractivity contribution in [3.63, 3.8) is 0 Å². The molecule has 2 rings (SSSR count). The lowest BCUT2D eigenvalue weighted by Crippen LogP contribution is -2.04. The minimum Gasteiger partial charge on any atom is -0.354 e. The van der Waals surface area contributed by atoms with Gasteiger partial charge in [-0.2, -0.15) is 4.98 Å².